The molecule has 124 valence electrons. The van der Waals surface area contributed by atoms with Gasteiger partial charge in [0.2, 0.25) is 0 Å². The molecule has 4 nitrogen and oxygen atoms in total. The summed E-state index contributed by atoms with van der Waals surface area (Å²) in [6.07, 6.45) is 1.15. The fourth-order valence-electron chi connectivity index (χ4n) is 2.83. The molecule has 0 amide bonds. The summed E-state index contributed by atoms with van der Waals surface area (Å²) in [5.41, 5.74) is 2.51. The molecule has 22 heavy (non-hydrogen) atoms. The summed E-state index contributed by atoms with van der Waals surface area (Å²) >= 11 is 0. The fourth-order valence-corrected chi connectivity index (χ4v) is 2.83. The van der Waals surface area contributed by atoms with E-state index in [0.29, 0.717) is 6.04 Å². The van der Waals surface area contributed by atoms with E-state index in [1.807, 2.05) is 0 Å². The minimum Gasteiger partial charge on any atom is -0.495 e. The van der Waals surface area contributed by atoms with E-state index in [9.17, 15) is 0 Å². The van der Waals surface area contributed by atoms with E-state index in [0.717, 1.165) is 51.4 Å². The lowest BCUT2D eigenvalue weighted by atomic mass is 10.1. The Morgan fingerprint density at radius 2 is 1.91 bits per heavy atom. The zero-order valence-corrected chi connectivity index (χ0v) is 14.6. The van der Waals surface area contributed by atoms with Crippen LogP contribution in [-0.2, 0) is 6.54 Å². The van der Waals surface area contributed by atoms with Crippen molar-refractivity contribution in [1.29, 1.82) is 0 Å². The molecule has 0 aliphatic carbocycles. The van der Waals surface area contributed by atoms with Crippen molar-refractivity contribution in [1.82, 2.24) is 10.2 Å². The van der Waals surface area contributed by atoms with Crippen LogP contribution in [0.25, 0.3) is 0 Å². The summed E-state index contributed by atoms with van der Waals surface area (Å²) in [6.45, 7) is 13.1. The minimum absolute atomic E-state index is 0.549. The number of methoxy groups -OCH3 is 1. The third kappa shape index (κ3) is 4.37. The number of anilines is 1. The Bertz CT molecular complexity index is 456. The van der Waals surface area contributed by atoms with E-state index in [1.165, 1.54) is 11.3 Å². The van der Waals surface area contributed by atoms with Crippen molar-refractivity contribution in [3.05, 3.63) is 23.8 Å². The Kier molecular flexibility index (Phi) is 6.52. The lowest BCUT2D eigenvalue weighted by molar-refractivity contribution is 0.270. The van der Waals surface area contributed by atoms with Gasteiger partial charge >= 0.3 is 0 Å². The number of likely N-dealkylation sites (N-methyl/N-ethyl adjacent to an activating group) is 1. The van der Waals surface area contributed by atoms with Crippen molar-refractivity contribution in [2.24, 2.45) is 0 Å². The summed E-state index contributed by atoms with van der Waals surface area (Å²) in [5, 5.41) is 3.54. The van der Waals surface area contributed by atoms with Gasteiger partial charge in [-0.3, -0.25) is 0 Å². The molecule has 1 aromatic rings. The monoisotopic (exact) mass is 305 g/mol. The maximum absolute atomic E-state index is 5.64. The molecule has 0 radical (unpaired) electrons. The van der Waals surface area contributed by atoms with Gasteiger partial charge in [-0.1, -0.05) is 19.9 Å². The molecule has 0 bridgehead atoms. The van der Waals surface area contributed by atoms with Crippen LogP contribution < -0.4 is 15.0 Å². The van der Waals surface area contributed by atoms with Gasteiger partial charge in [-0.05, 0) is 37.6 Å². The van der Waals surface area contributed by atoms with Crippen molar-refractivity contribution >= 4 is 5.69 Å². The maximum atomic E-state index is 5.64. The lowest BCUT2D eigenvalue weighted by Crippen LogP contribution is -2.46. The van der Waals surface area contributed by atoms with E-state index in [4.69, 9.17) is 4.74 Å². The first-order valence-corrected chi connectivity index (χ1v) is 8.55. The number of rotatable bonds is 7. The highest BCUT2D eigenvalue weighted by Crippen LogP contribution is 2.30. The molecule has 1 heterocycles. The van der Waals surface area contributed by atoms with Gasteiger partial charge in [-0.15, -0.1) is 0 Å². The first-order valence-electron chi connectivity index (χ1n) is 8.55. The molecule has 1 unspecified atom stereocenters. The van der Waals surface area contributed by atoms with E-state index in [1.54, 1.807) is 7.11 Å². The topological polar surface area (TPSA) is 27.7 Å². The predicted molar refractivity (Wildman–Crippen MR) is 93.9 cm³/mol. The molecule has 1 atom stereocenters. The van der Waals surface area contributed by atoms with Crippen molar-refractivity contribution in [2.75, 3.05) is 44.7 Å². The zero-order chi connectivity index (χ0) is 15.9. The van der Waals surface area contributed by atoms with E-state index in [-0.39, 0.29) is 0 Å². The van der Waals surface area contributed by atoms with Gasteiger partial charge in [0.25, 0.3) is 0 Å². The summed E-state index contributed by atoms with van der Waals surface area (Å²) in [7, 11) is 1.77. The predicted octanol–water partition coefficient (Wildman–Crippen LogP) is 2.73. The number of nitrogens with zero attached hydrogens (tertiary/aromatic N) is 2. The van der Waals surface area contributed by atoms with E-state index < -0.39 is 0 Å². The van der Waals surface area contributed by atoms with Gasteiger partial charge in [0.15, 0.2) is 0 Å². The van der Waals surface area contributed by atoms with Crippen LogP contribution in [0.1, 0.15) is 32.8 Å². The van der Waals surface area contributed by atoms with Crippen LogP contribution >= 0.6 is 0 Å². The Morgan fingerprint density at radius 3 is 2.50 bits per heavy atom. The standard InChI is InChI=1S/C18H31N3O/c1-5-15(3)19-14-16-7-8-17(18(13-16)22-4)21-11-9-20(6-2)10-12-21/h7-8,13,15,19H,5-6,9-12,14H2,1-4H3. The average Bonchev–Trinajstić information content (AvgIpc) is 2.59. The van der Waals surface area contributed by atoms with Gasteiger partial charge in [-0.25, -0.2) is 0 Å². The molecule has 1 fully saturated rings. The molecule has 0 spiro atoms. The molecule has 0 aromatic heterocycles. The van der Waals surface area contributed by atoms with Crippen LogP contribution in [0.2, 0.25) is 0 Å². The third-order valence-electron chi connectivity index (χ3n) is 4.67. The molecule has 1 N–H and O–H groups in total. The molecule has 4 heteroatoms. The molecular weight excluding hydrogens is 274 g/mol. The number of hydrogen-bond donors (Lipinski definition) is 1. The first-order chi connectivity index (χ1) is 10.7. The number of piperazine rings is 1. The largest absolute Gasteiger partial charge is 0.495 e. The second-order valence-corrected chi connectivity index (χ2v) is 6.12. The molecule has 1 saturated heterocycles. The van der Waals surface area contributed by atoms with Crippen LogP contribution in [-0.4, -0.2) is 50.8 Å². The summed E-state index contributed by atoms with van der Waals surface area (Å²) < 4.78 is 5.64. The lowest BCUT2D eigenvalue weighted by Gasteiger charge is -2.36. The summed E-state index contributed by atoms with van der Waals surface area (Å²) in [4.78, 5) is 4.93. The van der Waals surface area contributed by atoms with Crippen LogP contribution in [0.5, 0.6) is 5.75 Å². The Balaban J connectivity index is 2.03. The van der Waals surface area contributed by atoms with Crippen LogP contribution in [0.3, 0.4) is 0 Å². The third-order valence-corrected chi connectivity index (χ3v) is 4.67. The Labute approximate surface area is 135 Å². The molecule has 1 aliphatic rings. The quantitative estimate of drug-likeness (QED) is 0.838. The molecule has 1 aliphatic heterocycles. The highest BCUT2D eigenvalue weighted by atomic mass is 16.5. The molecule has 1 aromatic carbocycles. The van der Waals surface area contributed by atoms with Crippen molar-refractivity contribution < 1.29 is 4.74 Å². The number of ether oxygens (including phenoxy) is 1. The first kappa shape index (κ1) is 17.1. The van der Waals surface area contributed by atoms with Crippen molar-refractivity contribution in [3.63, 3.8) is 0 Å². The highest BCUT2D eigenvalue weighted by Gasteiger charge is 2.18. The van der Waals surface area contributed by atoms with Crippen LogP contribution in [0.15, 0.2) is 18.2 Å². The van der Waals surface area contributed by atoms with Gasteiger partial charge < -0.3 is 19.9 Å². The van der Waals surface area contributed by atoms with Gasteiger partial charge in [0, 0.05) is 38.8 Å². The Morgan fingerprint density at radius 1 is 1.18 bits per heavy atom. The maximum Gasteiger partial charge on any atom is 0.142 e. The van der Waals surface area contributed by atoms with Gasteiger partial charge in [0.05, 0.1) is 12.8 Å². The van der Waals surface area contributed by atoms with Crippen molar-refractivity contribution in [2.45, 2.75) is 39.8 Å². The van der Waals surface area contributed by atoms with E-state index in [2.05, 4.69) is 54.1 Å². The number of hydrogen-bond acceptors (Lipinski definition) is 4. The van der Waals surface area contributed by atoms with Crippen molar-refractivity contribution in [3.8, 4) is 5.75 Å². The average molecular weight is 305 g/mol. The second-order valence-electron chi connectivity index (χ2n) is 6.12. The summed E-state index contributed by atoms with van der Waals surface area (Å²) in [6, 6.07) is 7.16. The normalized spacial score (nSPS) is 17.5. The van der Waals surface area contributed by atoms with Gasteiger partial charge in [0.1, 0.15) is 5.75 Å². The fraction of sp³-hybridized carbons (Fsp3) is 0.667. The number of nitrogens with one attached hydrogen (secondary N) is 1. The summed E-state index contributed by atoms with van der Waals surface area (Å²) in [5.74, 6) is 0.994. The molecule has 0 saturated carbocycles. The van der Waals surface area contributed by atoms with Crippen LogP contribution in [0.4, 0.5) is 5.69 Å². The molecular formula is C18H31N3O. The van der Waals surface area contributed by atoms with E-state index >= 15 is 0 Å². The van der Waals surface area contributed by atoms with Gasteiger partial charge in [-0.2, -0.15) is 0 Å². The zero-order valence-electron chi connectivity index (χ0n) is 14.6. The minimum atomic E-state index is 0.549. The second kappa shape index (κ2) is 8.39. The smallest absolute Gasteiger partial charge is 0.142 e. The Hall–Kier alpha value is -1.26. The SMILES string of the molecule is CCC(C)NCc1ccc(N2CCN(CC)CC2)c(OC)c1. The highest BCUT2D eigenvalue weighted by molar-refractivity contribution is 5.60. The molecule has 2 rings (SSSR count). The van der Waals surface area contributed by atoms with Crippen LogP contribution in [0, 0.1) is 0 Å². The number of benzene rings is 1.